The van der Waals surface area contributed by atoms with E-state index in [1.54, 1.807) is 12.1 Å². The number of anilines is 1. The highest BCUT2D eigenvalue weighted by molar-refractivity contribution is 5.48. The van der Waals surface area contributed by atoms with Crippen molar-refractivity contribution in [3.8, 4) is 17.2 Å². The Kier molecular flexibility index (Phi) is 3.39. The van der Waals surface area contributed by atoms with Gasteiger partial charge in [0.15, 0.2) is 17.3 Å². The van der Waals surface area contributed by atoms with Crippen molar-refractivity contribution < 1.29 is 14.6 Å². The quantitative estimate of drug-likeness (QED) is 0.906. The Morgan fingerprint density at radius 2 is 2.00 bits per heavy atom. The van der Waals surface area contributed by atoms with E-state index in [1.165, 1.54) is 12.3 Å². The molecule has 0 spiro atoms. The van der Waals surface area contributed by atoms with E-state index in [0.717, 1.165) is 17.1 Å². The SMILES string of the molecule is Cc1cc(C)nc(NCC2=COc3cc(O)ccc3O2)c1. The molecule has 21 heavy (non-hydrogen) atoms. The van der Waals surface area contributed by atoms with Crippen LogP contribution >= 0.6 is 0 Å². The number of pyridine rings is 1. The van der Waals surface area contributed by atoms with E-state index in [-0.39, 0.29) is 5.75 Å². The molecule has 0 aliphatic carbocycles. The van der Waals surface area contributed by atoms with Crippen LogP contribution in [0.25, 0.3) is 0 Å². The summed E-state index contributed by atoms with van der Waals surface area (Å²) in [6, 6.07) is 8.74. The Morgan fingerprint density at radius 1 is 1.14 bits per heavy atom. The molecule has 0 saturated heterocycles. The molecule has 0 amide bonds. The molecule has 108 valence electrons. The number of phenolic OH excluding ortho intramolecular Hbond substituents is 1. The lowest BCUT2D eigenvalue weighted by atomic mass is 10.2. The maximum absolute atomic E-state index is 9.38. The summed E-state index contributed by atoms with van der Waals surface area (Å²) in [6.07, 6.45) is 1.53. The molecule has 0 atom stereocenters. The van der Waals surface area contributed by atoms with E-state index in [1.807, 2.05) is 26.0 Å². The largest absolute Gasteiger partial charge is 0.508 e. The lowest BCUT2D eigenvalue weighted by molar-refractivity contribution is 0.321. The van der Waals surface area contributed by atoms with Crippen molar-refractivity contribution in [3.05, 3.63) is 53.6 Å². The number of aromatic hydroxyl groups is 1. The average molecular weight is 284 g/mol. The van der Waals surface area contributed by atoms with Gasteiger partial charge in [-0.05, 0) is 43.7 Å². The second kappa shape index (κ2) is 5.36. The van der Waals surface area contributed by atoms with E-state index >= 15 is 0 Å². The van der Waals surface area contributed by atoms with Crippen molar-refractivity contribution in [3.63, 3.8) is 0 Å². The molecule has 1 aliphatic rings. The minimum Gasteiger partial charge on any atom is -0.508 e. The zero-order valence-electron chi connectivity index (χ0n) is 11.9. The predicted octanol–water partition coefficient (Wildman–Crippen LogP) is 3.13. The van der Waals surface area contributed by atoms with E-state index < -0.39 is 0 Å². The van der Waals surface area contributed by atoms with Crippen LogP contribution in [-0.2, 0) is 0 Å². The fourth-order valence-corrected chi connectivity index (χ4v) is 2.16. The van der Waals surface area contributed by atoms with Crippen LogP contribution in [0, 0.1) is 13.8 Å². The topological polar surface area (TPSA) is 63.6 Å². The first-order valence-electron chi connectivity index (χ1n) is 6.66. The van der Waals surface area contributed by atoms with Crippen LogP contribution in [0.3, 0.4) is 0 Å². The maximum Gasteiger partial charge on any atom is 0.172 e. The highest BCUT2D eigenvalue weighted by Crippen LogP contribution is 2.35. The third-order valence-corrected chi connectivity index (χ3v) is 3.03. The van der Waals surface area contributed by atoms with Crippen molar-refractivity contribution in [2.45, 2.75) is 13.8 Å². The van der Waals surface area contributed by atoms with Gasteiger partial charge in [0.1, 0.15) is 17.8 Å². The molecule has 2 N–H and O–H groups in total. The molecule has 2 aromatic rings. The Labute approximate surface area is 122 Å². The Morgan fingerprint density at radius 3 is 2.81 bits per heavy atom. The van der Waals surface area contributed by atoms with Crippen LogP contribution in [0.15, 0.2) is 42.4 Å². The van der Waals surface area contributed by atoms with Gasteiger partial charge in [-0.1, -0.05) is 0 Å². The fourth-order valence-electron chi connectivity index (χ4n) is 2.16. The summed E-state index contributed by atoms with van der Waals surface area (Å²) in [4.78, 5) is 4.41. The van der Waals surface area contributed by atoms with Gasteiger partial charge in [0, 0.05) is 11.8 Å². The van der Waals surface area contributed by atoms with Crippen LogP contribution in [0.4, 0.5) is 5.82 Å². The number of aromatic nitrogens is 1. The number of nitrogens with one attached hydrogen (secondary N) is 1. The monoisotopic (exact) mass is 284 g/mol. The summed E-state index contributed by atoms with van der Waals surface area (Å²) in [5.41, 5.74) is 2.12. The number of rotatable bonds is 3. The van der Waals surface area contributed by atoms with Gasteiger partial charge in [-0.2, -0.15) is 0 Å². The molecule has 5 heteroatoms. The van der Waals surface area contributed by atoms with Gasteiger partial charge in [0.2, 0.25) is 0 Å². The van der Waals surface area contributed by atoms with Gasteiger partial charge >= 0.3 is 0 Å². The summed E-state index contributed by atoms with van der Waals surface area (Å²) in [5, 5.41) is 12.6. The molecule has 0 bridgehead atoms. The molecule has 3 rings (SSSR count). The standard InChI is InChI=1S/C16H16N2O3/c1-10-5-11(2)18-16(6-10)17-8-13-9-20-15-7-12(19)3-4-14(15)21-13/h3-7,9,19H,8H2,1-2H3,(H,17,18). The number of phenols is 1. The summed E-state index contributed by atoms with van der Waals surface area (Å²) in [7, 11) is 0. The van der Waals surface area contributed by atoms with Crippen molar-refractivity contribution in [1.29, 1.82) is 0 Å². The molecule has 0 unspecified atom stereocenters. The van der Waals surface area contributed by atoms with E-state index in [0.29, 0.717) is 23.8 Å². The van der Waals surface area contributed by atoms with Crippen LogP contribution < -0.4 is 14.8 Å². The number of benzene rings is 1. The zero-order valence-corrected chi connectivity index (χ0v) is 11.9. The normalized spacial score (nSPS) is 12.8. The third kappa shape index (κ3) is 3.08. The number of ether oxygens (including phenoxy) is 2. The predicted molar refractivity (Wildman–Crippen MR) is 79.6 cm³/mol. The Hall–Kier alpha value is -2.69. The van der Waals surface area contributed by atoms with Crippen molar-refractivity contribution in [2.75, 3.05) is 11.9 Å². The molecular formula is C16H16N2O3. The van der Waals surface area contributed by atoms with Crippen molar-refractivity contribution in [1.82, 2.24) is 4.98 Å². The second-order valence-electron chi connectivity index (χ2n) is 4.96. The molecule has 5 nitrogen and oxygen atoms in total. The first kappa shape index (κ1) is 13.3. The van der Waals surface area contributed by atoms with Gasteiger partial charge in [0.05, 0.1) is 6.54 Å². The summed E-state index contributed by atoms with van der Waals surface area (Å²) in [6.45, 7) is 4.46. The molecule has 1 aliphatic heterocycles. The van der Waals surface area contributed by atoms with Crippen LogP contribution in [0.1, 0.15) is 11.3 Å². The molecule has 0 fully saturated rings. The van der Waals surface area contributed by atoms with Crippen LogP contribution in [-0.4, -0.2) is 16.6 Å². The summed E-state index contributed by atoms with van der Waals surface area (Å²) < 4.78 is 11.1. The van der Waals surface area contributed by atoms with Crippen LogP contribution in [0.5, 0.6) is 17.2 Å². The number of nitrogens with zero attached hydrogens (tertiary/aromatic N) is 1. The smallest absolute Gasteiger partial charge is 0.172 e. The number of aryl methyl sites for hydroxylation is 2. The first-order valence-corrected chi connectivity index (χ1v) is 6.66. The Bertz CT molecular complexity index is 690. The zero-order chi connectivity index (χ0) is 14.8. The lowest BCUT2D eigenvalue weighted by Gasteiger charge is -2.18. The number of hydrogen-bond acceptors (Lipinski definition) is 5. The molecule has 0 saturated carbocycles. The summed E-state index contributed by atoms with van der Waals surface area (Å²) >= 11 is 0. The highest BCUT2D eigenvalue weighted by atomic mass is 16.6. The highest BCUT2D eigenvalue weighted by Gasteiger charge is 2.14. The van der Waals surface area contributed by atoms with Gasteiger partial charge in [-0.15, -0.1) is 0 Å². The van der Waals surface area contributed by atoms with Crippen molar-refractivity contribution >= 4 is 5.82 Å². The third-order valence-electron chi connectivity index (χ3n) is 3.03. The van der Waals surface area contributed by atoms with Gasteiger partial charge in [0.25, 0.3) is 0 Å². The van der Waals surface area contributed by atoms with Crippen LogP contribution in [0.2, 0.25) is 0 Å². The molecule has 2 heterocycles. The van der Waals surface area contributed by atoms with Gasteiger partial charge < -0.3 is 19.9 Å². The number of hydrogen-bond donors (Lipinski definition) is 2. The molecule has 0 radical (unpaired) electrons. The molecule has 1 aromatic carbocycles. The fraction of sp³-hybridized carbons (Fsp3) is 0.188. The van der Waals surface area contributed by atoms with Gasteiger partial charge in [-0.3, -0.25) is 0 Å². The Balaban J connectivity index is 1.67. The maximum atomic E-state index is 9.38. The molecule has 1 aromatic heterocycles. The average Bonchev–Trinajstić information content (AvgIpc) is 2.44. The minimum absolute atomic E-state index is 0.145. The van der Waals surface area contributed by atoms with E-state index in [9.17, 15) is 5.11 Å². The lowest BCUT2D eigenvalue weighted by Crippen LogP contribution is -2.14. The number of fused-ring (bicyclic) bond motifs is 1. The molecular weight excluding hydrogens is 268 g/mol. The van der Waals surface area contributed by atoms with E-state index in [4.69, 9.17) is 9.47 Å². The second-order valence-corrected chi connectivity index (χ2v) is 4.96. The van der Waals surface area contributed by atoms with E-state index in [2.05, 4.69) is 10.3 Å². The minimum atomic E-state index is 0.145. The summed E-state index contributed by atoms with van der Waals surface area (Å²) in [5.74, 6) is 2.68. The van der Waals surface area contributed by atoms with Gasteiger partial charge in [-0.25, -0.2) is 4.98 Å². The first-order chi connectivity index (χ1) is 10.1. The van der Waals surface area contributed by atoms with Crippen molar-refractivity contribution in [2.24, 2.45) is 0 Å².